The molecule has 24 heavy (non-hydrogen) atoms. The van der Waals surface area contributed by atoms with Gasteiger partial charge in [-0.25, -0.2) is 5.43 Å². The minimum atomic E-state index is -4.49. The number of carbonyl (C=O) groups is 1. The summed E-state index contributed by atoms with van der Waals surface area (Å²) in [7, 11) is 0. The van der Waals surface area contributed by atoms with Crippen LogP contribution in [0.2, 0.25) is 0 Å². The summed E-state index contributed by atoms with van der Waals surface area (Å²) >= 11 is 0. The minimum Gasteiger partial charge on any atom is -0.281 e. The van der Waals surface area contributed by atoms with Gasteiger partial charge >= 0.3 is 6.18 Å². The standard InChI is InChI=1S/C16H17F3N4O/c1-15(2,3)13-8-12(21-22-13)14(24)23-20-9-10-6-4-5-7-11(10)16(17,18)19/h4-9H,1-3H3,(H,21,22)(H,23,24)/b20-9+. The zero-order chi connectivity index (χ0) is 18.0. The smallest absolute Gasteiger partial charge is 0.281 e. The third kappa shape index (κ3) is 4.21. The van der Waals surface area contributed by atoms with E-state index in [2.05, 4.69) is 20.7 Å². The Hall–Kier alpha value is -2.64. The van der Waals surface area contributed by atoms with Crippen molar-refractivity contribution in [3.8, 4) is 0 Å². The van der Waals surface area contributed by atoms with Gasteiger partial charge in [0.2, 0.25) is 0 Å². The third-order valence-electron chi connectivity index (χ3n) is 3.25. The van der Waals surface area contributed by atoms with Crippen LogP contribution in [0.25, 0.3) is 0 Å². The molecule has 0 unspecified atom stereocenters. The highest BCUT2D eigenvalue weighted by Crippen LogP contribution is 2.31. The second kappa shape index (κ2) is 6.46. The van der Waals surface area contributed by atoms with Crippen LogP contribution in [-0.4, -0.2) is 22.3 Å². The van der Waals surface area contributed by atoms with Gasteiger partial charge in [-0.1, -0.05) is 39.0 Å². The number of hydrogen-bond acceptors (Lipinski definition) is 3. The number of alkyl halides is 3. The average Bonchev–Trinajstić information content (AvgIpc) is 2.96. The van der Waals surface area contributed by atoms with Crippen molar-refractivity contribution in [1.82, 2.24) is 15.6 Å². The molecule has 0 aliphatic rings. The molecule has 0 atom stereocenters. The predicted molar refractivity (Wildman–Crippen MR) is 83.8 cm³/mol. The fraction of sp³-hybridized carbons (Fsp3) is 0.312. The van der Waals surface area contributed by atoms with Crippen LogP contribution in [0.5, 0.6) is 0 Å². The van der Waals surface area contributed by atoms with Gasteiger partial charge in [0, 0.05) is 16.7 Å². The Morgan fingerprint density at radius 2 is 1.92 bits per heavy atom. The zero-order valence-corrected chi connectivity index (χ0v) is 13.4. The molecule has 0 aliphatic heterocycles. The molecule has 1 aromatic carbocycles. The quantitative estimate of drug-likeness (QED) is 0.664. The molecule has 0 radical (unpaired) electrons. The highest BCUT2D eigenvalue weighted by atomic mass is 19.4. The molecule has 2 N–H and O–H groups in total. The van der Waals surface area contributed by atoms with E-state index in [4.69, 9.17) is 0 Å². The van der Waals surface area contributed by atoms with Crippen LogP contribution in [0, 0.1) is 0 Å². The van der Waals surface area contributed by atoms with Gasteiger partial charge < -0.3 is 0 Å². The molecule has 5 nitrogen and oxygen atoms in total. The summed E-state index contributed by atoms with van der Waals surface area (Å²) in [6, 6.07) is 6.55. The molecule has 2 rings (SSSR count). The van der Waals surface area contributed by atoms with Gasteiger partial charge in [-0.2, -0.15) is 23.4 Å². The van der Waals surface area contributed by atoms with E-state index in [0.717, 1.165) is 18.0 Å². The first-order chi connectivity index (χ1) is 11.1. The van der Waals surface area contributed by atoms with Crippen LogP contribution in [0.4, 0.5) is 13.2 Å². The molecule has 0 spiro atoms. The maximum Gasteiger partial charge on any atom is 0.417 e. The monoisotopic (exact) mass is 338 g/mol. The van der Waals surface area contributed by atoms with Crippen molar-refractivity contribution in [3.05, 3.63) is 52.8 Å². The normalized spacial score (nSPS) is 12.6. The number of rotatable bonds is 3. The Bertz CT molecular complexity index is 757. The molecule has 0 saturated heterocycles. The van der Waals surface area contributed by atoms with Crippen molar-refractivity contribution in [2.24, 2.45) is 5.10 Å². The van der Waals surface area contributed by atoms with Crippen molar-refractivity contribution in [2.75, 3.05) is 0 Å². The van der Waals surface area contributed by atoms with Gasteiger partial charge in [-0.15, -0.1) is 0 Å². The van der Waals surface area contributed by atoms with Crippen molar-refractivity contribution < 1.29 is 18.0 Å². The molecule has 0 aliphatic carbocycles. The average molecular weight is 338 g/mol. The predicted octanol–water partition coefficient (Wildman–Crippen LogP) is 3.49. The lowest BCUT2D eigenvalue weighted by Crippen LogP contribution is -2.18. The number of nitrogens with zero attached hydrogens (tertiary/aromatic N) is 2. The minimum absolute atomic E-state index is 0.112. The molecular formula is C16H17F3N4O. The zero-order valence-electron chi connectivity index (χ0n) is 13.4. The first kappa shape index (κ1) is 17.7. The lowest BCUT2D eigenvalue weighted by molar-refractivity contribution is -0.137. The van der Waals surface area contributed by atoms with E-state index in [-0.39, 0.29) is 16.7 Å². The van der Waals surface area contributed by atoms with Crippen molar-refractivity contribution >= 4 is 12.1 Å². The second-order valence-electron chi connectivity index (χ2n) is 6.20. The van der Waals surface area contributed by atoms with E-state index in [9.17, 15) is 18.0 Å². The fourth-order valence-corrected chi connectivity index (χ4v) is 1.91. The van der Waals surface area contributed by atoms with Gasteiger partial charge in [0.05, 0.1) is 11.8 Å². The molecule has 1 amide bonds. The summed E-state index contributed by atoms with van der Waals surface area (Å²) < 4.78 is 38.6. The van der Waals surface area contributed by atoms with Crippen LogP contribution < -0.4 is 5.43 Å². The third-order valence-corrected chi connectivity index (χ3v) is 3.25. The molecule has 0 saturated carbocycles. The molecular weight excluding hydrogens is 321 g/mol. The second-order valence-corrected chi connectivity index (χ2v) is 6.20. The number of hydrazone groups is 1. The molecule has 2 aromatic rings. The van der Waals surface area contributed by atoms with Gasteiger partial charge in [0.15, 0.2) is 5.69 Å². The topological polar surface area (TPSA) is 70.1 Å². The van der Waals surface area contributed by atoms with E-state index < -0.39 is 17.6 Å². The van der Waals surface area contributed by atoms with Crippen molar-refractivity contribution in [3.63, 3.8) is 0 Å². The number of halogens is 3. The number of nitrogens with one attached hydrogen (secondary N) is 2. The van der Waals surface area contributed by atoms with Crippen LogP contribution >= 0.6 is 0 Å². The molecule has 128 valence electrons. The number of H-pyrrole nitrogens is 1. The first-order valence-electron chi connectivity index (χ1n) is 7.14. The molecule has 0 bridgehead atoms. The number of aromatic nitrogens is 2. The number of benzene rings is 1. The van der Waals surface area contributed by atoms with E-state index in [1.807, 2.05) is 20.8 Å². The summed E-state index contributed by atoms with van der Waals surface area (Å²) in [5, 5.41) is 10.2. The summed E-state index contributed by atoms with van der Waals surface area (Å²) in [4.78, 5) is 11.9. The Balaban J connectivity index is 2.10. The van der Waals surface area contributed by atoms with Gasteiger partial charge in [-0.3, -0.25) is 9.89 Å². The number of amides is 1. The lowest BCUT2D eigenvalue weighted by Gasteiger charge is -2.14. The van der Waals surface area contributed by atoms with Crippen LogP contribution in [0.15, 0.2) is 35.4 Å². The largest absolute Gasteiger partial charge is 0.417 e. The number of carbonyl (C=O) groups excluding carboxylic acids is 1. The SMILES string of the molecule is CC(C)(C)c1cc(C(=O)N/N=C/c2ccccc2C(F)(F)F)n[nH]1. The highest BCUT2D eigenvalue weighted by Gasteiger charge is 2.32. The maximum atomic E-state index is 12.9. The van der Waals surface area contributed by atoms with E-state index in [0.29, 0.717) is 0 Å². The summed E-state index contributed by atoms with van der Waals surface area (Å²) in [6.45, 7) is 5.86. The lowest BCUT2D eigenvalue weighted by atomic mass is 9.92. The van der Waals surface area contributed by atoms with Crippen LogP contribution in [0.3, 0.4) is 0 Å². The van der Waals surface area contributed by atoms with Crippen molar-refractivity contribution in [1.29, 1.82) is 0 Å². The van der Waals surface area contributed by atoms with Gasteiger partial charge in [-0.05, 0) is 12.1 Å². The summed E-state index contributed by atoms with van der Waals surface area (Å²) in [6.07, 6.45) is -3.53. The Kier molecular flexibility index (Phi) is 4.77. The van der Waals surface area contributed by atoms with Crippen LogP contribution in [0.1, 0.15) is 48.1 Å². The van der Waals surface area contributed by atoms with Crippen LogP contribution in [-0.2, 0) is 11.6 Å². The van der Waals surface area contributed by atoms with E-state index in [1.165, 1.54) is 18.2 Å². The number of aromatic amines is 1. The number of hydrogen-bond donors (Lipinski definition) is 2. The first-order valence-corrected chi connectivity index (χ1v) is 7.14. The maximum absolute atomic E-state index is 12.9. The Morgan fingerprint density at radius 1 is 1.25 bits per heavy atom. The summed E-state index contributed by atoms with van der Waals surface area (Å²) in [5.74, 6) is -0.609. The molecule has 1 aromatic heterocycles. The fourth-order valence-electron chi connectivity index (χ4n) is 1.91. The van der Waals surface area contributed by atoms with E-state index in [1.54, 1.807) is 6.07 Å². The van der Waals surface area contributed by atoms with E-state index >= 15 is 0 Å². The highest BCUT2D eigenvalue weighted by molar-refractivity contribution is 5.93. The van der Waals surface area contributed by atoms with Gasteiger partial charge in [0.25, 0.3) is 5.91 Å². The Labute approximate surface area is 137 Å². The Morgan fingerprint density at radius 3 is 2.50 bits per heavy atom. The summed E-state index contributed by atoms with van der Waals surface area (Å²) in [5.41, 5.74) is 1.88. The molecule has 8 heteroatoms. The van der Waals surface area contributed by atoms with Crippen molar-refractivity contribution in [2.45, 2.75) is 32.4 Å². The molecule has 1 heterocycles. The van der Waals surface area contributed by atoms with Gasteiger partial charge in [0.1, 0.15) is 0 Å². The molecule has 0 fully saturated rings.